The quantitative estimate of drug-likeness (QED) is 0.0536. The van der Waals surface area contributed by atoms with Gasteiger partial charge >= 0.3 is 11.9 Å². The Balaban J connectivity index is 0.00000661. The van der Waals surface area contributed by atoms with Crippen LogP contribution in [0.4, 0.5) is 10.5 Å². The summed E-state index contributed by atoms with van der Waals surface area (Å²) >= 11 is 1.90. The number of oxazole rings is 1. The summed E-state index contributed by atoms with van der Waals surface area (Å²) in [5.41, 5.74) is 2.95. The second-order valence-electron chi connectivity index (χ2n) is 14.5. The third-order valence-electron chi connectivity index (χ3n) is 10.3. The molecule has 0 aliphatic carbocycles. The monoisotopic (exact) mass is 854 g/mol. The molecule has 0 spiro atoms. The second-order valence-corrected chi connectivity index (χ2v) is 15.7. The Labute approximate surface area is 357 Å². The number of hydrogen-bond acceptors (Lipinski definition) is 10. The van der Waals surface area contributed by atoms with Crippen LogP contribution in [0.2, 0.25) is 0 Å². The topological polar surface area (TPSA) is 157 Å². The van der Waals surface area contributed by atoms with Gasteiger partial charge in [-0.25, -0.2) is 4.79 Å². The molecule has 0 unspecified atom stereocenters. The summed E-state index contributed by atoms with van der Waals surface area (Å²) in [7, 11) is 0. The molecule has 2 fully saturated rings. The van der Waals surface area contributed by atoms with E-state index < -0.39 is 0 Å². The lowest BCUT2D eigenvalue weighted by molar-refractivity contribution is -0.678. The molecule has 0 bridgehead atoms. The number of carbonyl (C=O) groups excluding carboxylic acids is 3. The molecule has 3 atom stereocenters. The van der Waals surface area contributed by atoms with E-state index >= 15 is 0 Å². The van der Waals surface area contributed by atoms with Crippen molar-refractivity contribution < 1.29 is 54.7 Å². The van der Waals surface area contributed by atoms with Crippen molar-refractivity contribution in [1.29, 1.82) is 0 Å². The smallest absolute Gasteiger partial charge is 0.374 e. The number of allylic oxidation sites excluding steroid dienone is 2. The number of anilines is 1. The average molecular weight is 855 g/mol. The molecule has 0 saturated carbocycles. The summed E-state index contributed by atoms with van der Waals surface area (Å²) in [6.07, 6.45) is 12.3. The van der Waals surface area contributed by atoms with E-state index in [1.807, 2.05) is 66.4 Å². The summed E-state index contributed by atoms with van der Waals surface area (Å²) in [5.74, 6) is 3.43. The molecule has 14 nitrogen and oxygen atoms in total. The van der Waals surface area contributed by atoms with Crippen molar-refractivity contribution in [3.63, 3.8) is 0 Å². The van der Waals surface area contributed by atoms with Crippen molar-refractivity contribution in [2.24, 2.45) is 0 Å². The van der Waals surface area contributed by atoms with Gasteiger partial charge < -0.3 is 61.9 Å². The Morgan fingerprint density at radius 2 is 1.56 bits per heavy atom. The van der Waals surface area contributed by atoms with Crippen LogP contribution in [0.3, 0.4) is 0 Å². The summed E-state index contributed by atoms with van der Waals surface area (Å²) in [6.45, 7) is 7.24. The number of halogens is 1. The number of hydrogen-bond donors (Lipinski definition) is 4. The van der Waals surface area contributed by atoms with Crippen LogP contribution in [-0.2, 0) is 30.3 Å². The zero-order valence-corrected chi connectivity index (χ0v) is 35.5. The van der Waals surface area contributed by atoms with Gasteiger partial charge in [-0.2, -0.15) is 16.3 Å². The van der Waals surface area contributed by atoms with Gasteiger partial charge in [0, 0.05) is 56.0 Å². The normalized spacial score (nSPS) is 18.7. The number of urea groups is 1. The third kappa shape index (κ3) is 13.9. The molecule has 0 radical (unpaired) electrons. The van der Waals surface area contributed by atoms with Gasteiger partial charge in [0.25, 0.3) is 5.52 Å². The summed E-state index contributed by atoms with van der Waals surface area (Å²) < 4.78 is 31.1. The fourth-order valence-corrected chi connectivity index (χ4v) is 8.92. The van der Waals surface area contributed by atoms with Gasteiger partial charge in [0.2, 0.25) is 23.3 Å². The number of para-hydroxylation sites is 4. The van der Waals surface area contributed by atoms with E-state index in [4.69, 9.17) is 23.4 Å². The molecule has 3 aliphatic heterocycles. The maximum atomic E-state index is 12.4. The highest BCUT2D eigenvalue weighted by molar-refractivity contribution is 8.00. The van der Waals surface area contributed by atoms with Gasteiger partial charge in [0.15, 0.2) is 12.3 Å². The number of nitrogens with one attached hydrogen (secondary N) is 4. The Hall–Kier alpha value is -4.28. The third-order valence-corrected chi connectivity index (χ3v) is 11.8. The van der Waals surface area contributed by atoms with E-state index in [0.717, 1.165) is 91.7 Å². The molecule has 4 N–H and O–H groups in total. The van der Waals surface area contributed by atoms with E-state index in [9.17, 15) is 14.4 Å². The van der Waals surface area contributed by atoms with E-state index in [0.29, 0.717) is 70.8 Å². The molecular weight excluding hydrogens is 796 g/mol. The zero-order chi connectivity index (χ0) is 40.4. The molecule has 2 saturated heterocycles. The molecule has 322 valence electrons. The maximum absolute atomic E-state index is 12.4. The van der Waals surface area contributed by atoms with Gasteiger partial charge in [-0.1, -0.05) is 30.7 Å². The number of carbonyl (C=O) groups is 3. The molecule has 4 amide bonds. The molecule has 59 heavy (non-hydrogen) atoms. The SMILES string of the molecule is CCN1C(=CC=Cc2oc3ccccc3[n+]2CCCCCC(=O)NCCOCCOCCOCCNC(=O)CCCC[C@@H]2SC[C@@H]3NC(=O)N[C@@H]32)Oc2ccccc21.[Cl-]. The first kappa shape index (κ1) is 45.8. The average Bonchev–Trinajstić information content (AvgIpc) is 3.99. The van der Waals surface area contributed by atoms with Crippen molar-refractivity contribution in [3.05, 3.63) is 72.5 Å². The standard InChI is InChI=1S/C43H58N6O8S.ClH/c1-2-48-33-13-5-7-15-35(33)56-40(48)20-12-21-41-49(34-14-6-8-16-36(34)57-41)24-11-3-4-18-38(50)44-22-25-53-27-29-55-30-28-54-26-23-45-39(51)19-10-9-17-37-42-32(31-58-37)46-43(52)47-42;/h5-8,12-16,20-21,32,37,42H,2-4,9-11,17-19,22-31H2,1H3,(H3-,44,45,46,47,50,51,52);1H/t32-,37-,42-;/m0./s1. The highest BCUT2D eigenvalue weighted by Crippen LogP contribution is 2.38. The first-order valence-electron chi connectivity index (χ1n) is 20.8. The van der Waals surface area contributed by atoms with Crippen molar-refractivity contribution in [2.75, 3.05) is 69.9 Å². The molecule has 1 aromatic heterocycles. The molecule has 4 heterocycles. The summed E-state index contributed by atoms with van der Waals surface area (Å²) in [5, 5.41) is 12.2. The Kier molecular flexibility index (Phi) is 19.2. The fourth-order valence-electron chi connectivity index (χ4n) is 7.37. The summed E-state index contributed by atoms with van der Waals surface area (Å²) in [6, 6.07) is 16.5. The lowest BCUT2D eigenvalue weighted by atomic mass is 10.0. The van der Waals surface area contributed by atoms with Crippen LogP contribution < -0.4 is 47.9 Å². The van der Waals surface area contributed by atoms with Crippen molar-refractivity contribution in [3.8, 4) is 5.75 Å². The lowest BCUT2D eigenvalue weighted by Crippen LogP contribution is -3.00. The Morgan fingerprint density at radius 1 is 0.881 bits per heavy atom. The number of aryl methyl sites for hydroxylation is 1. The number of nitrogens with zero attached hydrogens (tertiary/aromatic N) is 2. The predicted octanol–water partition coefficient (Wildman–Crippen LogP) is 2.07. The van der Waals surface area contributed by atoms with Crippen molar-refractivity contribution >= 4 is 52.5 Å². The zero-order valence-electron chi connectivity index (χ0n) is 34.0. The van der Waals surface area contributed by atoms with Crippen LogP contribution in [0, 0.1) is 0 Å². The fraction of sp³-hybridized carbons (Fsp3) is 0.535. The number of benzene rings is 2. The van der Waals surface area contributed by atoms with Gasteiger partial charge in [0.05, 0.1) is 63.5 Å². The Bertz CT molecular complexity index is 1860. The van der Waals surface area contributed by atoms with Crippen LogP contribution in [0.5, 0.6) is 5.75 Å². The number of fused-ring (bicyclic) bond motifs is 3. The molecule has 3 aliphatic rings. The van der Waals surface area contributed by atoms with E-state index in [-0.39, 0.29) is 42.3 Å². The number of thioether (sulfide) groups is 1. The Morgan fingerprint density at radius 3 is 2.31 bits per heavy atom. The largest absolute Gasteiger partial charge is 1.00 e. The van der Waals surface area contributed by atoms with Crippen molar-refractivity contribution in [1.82, 2.24) is 21.3 Å². The number of unbranched alkanes of at least 4 members (excludes halogenated alkanes) is 3. The first-order valence-corrected chi connectivity index (χ1v) is 21.8. The van der Waals surface area contributed by atoms with Crippen molar-refractivity contribution in [2.45, 2.75) is 82.2 Å². The summed E-state index contributed by atoms with van der Waals surface area (Å²) in [4.78, 5) is 38.1. The minimum Gasteiger partial charge on any atom is -1.00 e. The van der Waals surface area contributed by atoms with Crippen LogP contribution >= 0.6 is 11.8 Å². The molecule has 3 aromatic rings. The first-order chi connectivity index (χ1) is 28.5. The maximum Gasteiger partial charge on any atom is 0.374 e. The van der Waals surface area contributed by atoms with Gasteiger partial charge in [0.1, 0.15) is 0 Å². The van der Waals surface area contributed by atoms with Crippen LogP contribution in [0.15, 0.2) is 71.0 Å². The molecule has 16 heteroatoms. The number of aromatic nitrogens is 1. The number of amides is 4. The van der Waals surface area contributed by atoms with Crippen LogP contribution in [0.1, 0.15) is 64.2 Å². The van der Waals surface area contributed by atoms with Gasteiger partial charge in [-0.3, -0.25) is 9.59 Å². The number of rotatable bonds is 26. The lowest BCUT2D eigenvalue weighted by Gasteiger charge is -2.16. The number of ether oxygens (including phenoxy) is 4. The van der Waals surface area contributed by atoms with E-state index in [2.05, 4.69) is 49.8 Å². The van der Waals surface area contributed by atoms with E-state index in [1.54, 1.807) is 0 Å². The molecular formula is C43H59ClN6O8S. The second kappa shape index (κ2) is 24.7. The minimum absolute atomic E-state index is 0. The minimum atomic E-state index is -0.0633. The van der Waals surface area contributed by atoms with Crippen LogP contribution in [-0.4, -0.2) is 100 Å². The van der Waals surface area contributed by atoms with E-state index in [1.165, 1.54) is 0 Å². The molecule has 2 aromatic carbocycles. The highest BCUT2D eigenvalue weighted by atomic mass is 35.5. The highest BCUT2D eigenvalue weighted by Gasteiger charge is 2.42. The van der Waals surface area contributed by atoms with Gasteiger partial charge in [-0.15, -0.1) is 0 Å². The predicted molar refractivity (Wildman–Crippen MR) is 225 cm³/mol. The molecule has 6 rings (SSSR count). The van der Waals surface area contributed by atoms with Crippen LogP contribution in [0.25, 0.3) is 17.2 Å². The van der Waals surface area contributed by atoms with Gasteiger partial charge in [-0.05, 0) is 63.0 Å².